The van der Waals surface area contributed by atoms with Gasteiger partial charge in [0, 0.05) is 12.6 Å². The van der Waals surface area contributed by atoms with Crippen LogP contribution in [-0.2, 0) is 0 Å². The number of nitro benzene ring substituents is 1. The minimum atomic E-state index is -0.364. The number of nitro groups is 1. The zero-order valence-corrected chi connectivity index (χ0v) is 12.0. The van der Waals surface area contributed by atoms with Crippen LogP contribution in [0.25, 0.3) is 0 Å². The van der Waals surface area contributed by atoms with E-state index in [1.165, 1.54) is 6.07 Å². The molecular formula is C14H21N3O3. The van der Waals surface area contributed by atoms with Crippen molar-refractivity contribution in [2.45, 2.75) is 25.8 Å². The second-order valence-corrected chi connectivity index (χ2v) is 5.11. The molecule has 0 aromatic heterocycles. The van der Waals surface area contributed by atoms with Crippen molar-refractivity contribution < 1.29 is 9.66 Å². The molecule has 1 unspecified atom stereocenters. The molecule has 2 rings (SSSR count). The van der Waals surface area contributed by atoms with E-state index in [9.17, 15) is 10.1 Å². The molecule has 0 saturated carbocycles. The molecule has 1 heterocycles. The average Bonchev–Trinajstić information content (AvgIpc) is 2.40. The Balaban J connectivity index is 2.15. The minimum absolute atomic E-state index is 0.0733. The van der Waals surface area contributed by atoms with Gasteiger partial charge in [0.15, 0.2) is 0 Å². The third-order valence-electron chi connectivity index (χ3n) is 3.46. The highest BCUT2D eigenvalue weighted by Gasteiger charge is 2.21. The van der Waals surface area contributed by atoms with Crippen molar-refractivity contribution in [2.24, 2.45) is 0 Å². The zero-order chi connectivity index (χ0) is 14.5. The number of nitrogens with zero attached hydrogens (tertiary/aromatic N) is 2. The van der Waals surface area contributed by atoms with Crippen LogP contribution in [0.1, 0.15) is 19.8 Å². The van der Waals surface area contributed by atoms with E-state index in [1.54, 1.807) is 12.1 Å². The van der Waals surface area contributed by atoms with Gasteiger partial charge in [0.2, 0.25) is 0 Å². The van der Waals surface area contributed by atoms with E-state index in [0.29, 0.717) is 18.0 Å². The molecule has 6 nitrogen and oxygen atoms in total. The molecule has 1 atom stereocenters. The molecule has 0 spiro atoms. The lowest BCUT2D eigenvalue weighted by Crippen LogP contribution is -2.39. The van der Waals surface area contributed by atoms with Gasteiger partial charge in [-0.2, -0.15) is 0 Å². The number of hydrogen-bond donors (Lipinski definition) is 1. The molecule has 6 heteroatoms. The quantitative estimate of drug-likeness (QED) is 0.662. The maximum absolute atomic E-state index is 11.2. The average molecular weight is 279 g/mol. The lowest BCUT2D eigenvalue weighted by atomic mass is 10.1. The van der Waals surface area contributed by atoms with Crippen molar-refractivity contribution >= 4 is 11.4 Å². The van der Waals surface area contributed by atoms with Gasteiger partial charge >= 0.3 is 0 Å². The smallest absolute Gasteiger partial charge is 0.296 e. The summed E-state index contributed by atoms with van der Waals surface area (Å²) in [5.74, 6) is 0.533. The largest absolute Gasteiger partial charge is 0.494 e. The molecule has 1 aromatic carbocycles. The Morgan fingerprint density at radius 2 is 2.35 bits per heavy atom. The Kier molecular flexibility index (Phi) is 4.79. The highest BCUT2D eigenvalue weighted by Crippen LogP contribution is 2.30. The van der Waals surface area contributed by atoms with Crippen molar-refractivity contribution in [3.05, 3.63) is 28.3 Å². The number of anilines is 1. The van der Waals surface area contributed by atoms with Gasteiger partial charge in [0.1, 0.15) is 11.4 Å². The van der Waals surface area contributed by atoms with Gasteiger partial charge in [-0.3, -0.25) is 10.1 Å². The molecule has 1 aromatic rings. The van der Waals surface area contributed by atoms with Crippen LogP contribution in [0.15, 0.2) is 18.2 Å². The lowest BCUT2D eigenvalue weighted by Gasteiger charge is -2.30. The first-order chi connectivity index (χ1) is 9.60. The summed E-state index contributed by atoms with van der Waals surface area (Å²) in [6.45, 7) is 4.35. The first-order valence-electron chi connectivity index (χ1n) is 6.96. The molecule has 1 aliphatic rings. The van der Waals surface area contributed by atoms with E-state index >= 15 is 0 Å². The third-order valence-corrected chi connectivity index (χ3v) is 3.46. The summed E-state index contributed by atoms with van der Waals surface area (Å²) in [7, 11) is 2.07. The first-order valence-corrected chi connectivity index (χ1v) is 6.96. The fourth-order valence-corrected chi connectivity index (χ4v) is 2.55. The van der Waals surface area contributed by atoms with Crippen LogP contribution in [0.4, 0.5) is 11.4 Å². The number of nitrogens with one attached hydrogen (secondary N) is 1. The molecule has 0 aliphatic carbocycles. The van der Waals surface area contributed by atoms with Gasteiger partial charge in [-0.1, -0.05) is 0 Å². The molecule has 1 N–H and O–H groups in total. The molecule has 110 valence electrons. The second-order valence-electron chi connectivity index (χ2n) is 5.11. The van der Waals surface area contributed by atoms with Gasteiger partial charge < -0.3 is 15.0 Å². The summed E-state index contributed by atoms with van der Waals surface area (Å²) in [6.07, 6.45) is 2.15. The standard InChI is InChI=1S/C14H21N3O3/c1-3-20-12-6-7-13(14(9-12)17(18)19)15-11-5-4-8-16(2)10-11/h6-7,9,11,15H,3-5,8,10H2,1-2H3. The zero-order valence-electron chi connectivity index (χ0n) is 12.0. The van der Waals surface area contributed by atoms with Gasteiger partial charge in [-0.25, -0.2) is 0 Å². The van der Waals surface area contributed by atoms with E-state index in [2.05, 4.69) is 17.3 Å². The number of piperidine rings is 1. The molecule has 0 bridgehead atoms. The molecule has 1 saturated heterocycles. The SMILES string of the molecule is CCOc1ccc(NC2CCCN(C)C2)c([N+](=O)[O-])c1. The monoisotopic (exact) mass is 279 g/mol. The van der Waals surface area contributed by atoms with E-state index < -0.39 is 0 Å². The number of likely N-dealkylation sites (N-methyl/N-ethyl adjacent to an activating group) is 1. The van der Waals surface area contributed by atoms with Crippen LogP contribution in [0.2, 0.25) is 0 Å². The Bertz CT molecular complexity index is 479. The van der Waals surface area contributed by atoms with Crippen LogP contribution in [-0.4, -0.2) is 42.6 Å². The second kappa shape index (κ2) is 6.56. The fraction of sp³-hybridized carbons (Fsp3) is 0.571. The normalized spacial score (nSPS) is 19.6. The van der Waals surface area contributed by atoms with E-state index in [1.807, 2.05) is 6.92 Å². The Labute approximate surface area is 118 Å². The summed E-state index contributed by atoms with van der Waals surface area (Å²) in [5.41, 5.74) is 0.642. The van der Waals surface area contributed by atoms with Crippen molar-refractivity contribution in [3.63, 3.8) is 0 Å². The lowest BCUT2D eigenvalue weighted by molar-refractivity contribution is -0.384. The number of benzene rings is 1. The molecule has 20 heavy (non-hydrogen) atoms. The molecule has 0 radical (unpaired) electrons. The Hall–Kier alpha value is -1.82. The maximum Gasteiger partial charge on any atom is 0.296 e. The van der Waals surface area contributed by atoms with Crippen molar-refractivity contribution in [1.29, 1.82) is 0 Å². The van der Waals surface area contributed by atoms with Crippen molar-refractivity contribution in [2.75, 3.05) is 32.1 Å². The van der Waals surface area contributed by atoms with E-state index in [4.69, 9.17) is 4.74 Å². The van der Waals surface area contributed by atoms with Crippen LogP contribution < -0.4 is 10.1 Å². The summed E-state index contributed by atoms with van der Waals surface area (Å²) in [6, 6.07) is 5.24. The van der Waals surface area contributed by atoms with Crippen molar-refractivity contribution in [1.82, 2.24) is 4.90 Å². The number of rotatable bonds is 5. The summed E-state index contributed by atoms with van der Waals surface area (Å²) in [5, 5.41) is 14.5. The van der Waals surface area contributed by atoms with Gasteiger partial charge in [0.05, 0.1) is 17.6 Å². The van der Waals surface area contributed by atoms with Crippen LogP contribution >= 0.6 is 0 Å². The minimum Gasteiger partial charge on any atom is -0.494 e. The highest BCUT2D eigenvalue weighted by atomic mass is 16.6. The van der Waals surface area contributed by atoms with Crippen LogP contribution in [0.5, 0.6) is 5.75 Å². The highest BCUT2D eigenvalue weighted by molar-refractivity contribution is 5.64. The summed E-state index contributed by atoms with van der Waals surface area (Å²) < 4.78 is 5.32. The molecular weight excluding hydrogens is 258 g/mol. The Morgan fingerprint density at radius 1 is 1.55 bits per heavy atom. The van der Waals surface area contributed by atoms with Gasteiger partial charge in [0.25, 0.3) is 5.69 Å². The summed E-state index contributed by atoms with van der Waals surface area (Å²) in [4.78, 5) is 13.1. The number of hydrogen-bond acceptors (Lipinski definition) is 5. The van der Waals surface area contributed by atoms with Gasteiger partial charge in [-0.15, -0.1) is 0 Å². The van der Waals surface area contributed by atoms with E-state index in [-0.39, 0.29) is 16.7 Å². The molecule has 1 aliphatic heterocycles. The van der Waals surface area contributed by atoms with Crippen LogP contribution in [0.3, 0.4) is 0 Å². The van der Waals surface area contributed by atoms with Crippen molar-refractivity contribution in [3.8, 4) is 5.75 Å². The number of likely N-dealkylation sites (tertiary alicyclic amines) is 1. The van der Waals surface area contributed by atoms with E-state index in [0.717, 1.165) is 25.9 Å². The molecule has 0 amide bonds. The Morgan fingerprint density at radius 3 is 3.00 bits per heavy atom. The molecule has 1 fully saturated rings. The fourth-order valence-electron chi connectivity index (χ4n) is 2.55. The first kappa shape index (κ1) is 14.6. The third kappa shape index (κ3) is 3.60. The number of ether oxygens (including phenoxy) is 1. The topological polar surface area (TPSA) is 67.6 Å². The van der Waals surface area contributed by atoms with Crippen LogP contribution in [0, 0.1) is 10.1 Å². The van der Waals surface area contributed by atoms with Gasteiger partial charge in [-0.05, 0) is 45.5 Å². The predicted molar refractivity (Wildman–Crippen MR) is 78.4 cm³/mol. The predicted octanol–water partition coefficient (Wildman–Crippen LogP) is 2.50. The summed E-state index contributed by atoms with van der Waals surface area (Å²) >= 11 is 0. The maximum atomic E-state index is 11.2.